The van der Waals surface area contributed by atoms with E-state index in [-0.39, 0.29) is 0 Å². The minimum atomic E-state index is -0.580. The number of furan rings is 1. The van der Waals surface area contributed by atoms with E-state index in [9.17, 15) is 9.59 Å². The molecule has 0 atom stereocenters. The van der Waals surface area contributed by atoms with Gasteiger partial charge in [-0.1, -0.05) is 17.7 Å². The lowest BCUT2D eigenvalue weighted by molar-refractivity contribution is -0.119. The van der Waals surface area contributed by atoms with Crippen molar-refractivity contribution in [2.24, 2.45) is 0 Å². The summed E-state index contributed by atoms with van der Waals surface area (Å²) in [6, 6.07) is 3.67. The Labute approximate surface area is 145 Å². The Balaban J connectivity index is 2.03. The van der Waals surface area contributed by atoms with E-state index in [1.165, 1.54) is 0 Å². The van der Waals surface area contributed by atoms with Crippen LogP contribution in [-0.4, -0.2) is 18.5 Å². The van der Waals surface area contributed by atoms with Gasteiger partial charge in [-0.15, -0.1) is 0 Å². The van der Waals surface area contributed by atoms with E-state index in [1.54, 1.807) is 26.8 Å². The van der Waals surface area contributed by atoms with E-state index < -0.39 is 18.5 Å². The van der Waals surface area contributed by atoms with E-state index in [0.717, 1.165) is 16.7 Å². The van der Waals surface area contributed by atoms with Crippen LogP contribution in [-0.2, 0) is 9.53 Å². The van der Waals surface area contributed by atoms with E-state index in [2.05, 4.69) is 5.32 Å². The number of carbonyl (C=O) groups is 2. The average Bonchev–Trinajstić information content (AvgIpc) is 2.73. The van der Waals surface area contributed by atoms with Gasteiger partial charge in [-0.3, -0.25) is 4.79 Å². The number of ether oxygens (including phenoxy) is 1. The quantitative estimate of drug-likeness (QED) is 0.837. The minimum absolute atomic E-state index is 0.366. The summed E-state index contributed by atoms with van der Waals surface area (Å²) in [6.45, 7) is 8.61. The summed E-state index contributed by atoms with van der Waals surface area (Å²) in [6.07, 6.45) is 0. The number of aryl methyl sites for hydroxylation is 4. The molecule has 1 aromatic carbocycles. The first-order valence-electron chi connectivity index (χ1n) is 7.51. The molecule has 0 aliphatic rings. The topological polar surface area (TPSA) is 68.5 Å². The van der Waals surface area contributed by atoms with Crippen LogP contribution in [0.4, 0.5) is 5.69 Å². The van der Waals surface area contributed by atoms with Crippen molar-refractivity contribution >= 4 is 29.2 Å². The molecule has 24 heavy (non-hydrogen) atoms. The van der Waals surface area contributed by atoms with E-state index in [0.29, 0.717) is 27.8 Å². The normalized spacial score (nSPS) is 10.6. The number of benzene rings is 1. The lowest BCUT2D eigenvalue weighted by Crippen LogP contribution is -2.22. The summed E-state index contributed by atoms with van der Waals surface area (Å²) in [5.41, 5.74) is 3.45. The molecule has 1 amide bonds. The number of carbonyl (C=O) groups excluding carboxylic acids is 2. The Hall–Kier alpha value is -2.27. The molecule has 1 aromatic heterocycles. The first kappa shape index (κ1) is 18.1. The number of hydrogen-bond donors (Lipinski definition) is 1. The highest BCUT2D eigenvalue weighted by Gasteiger charge is 2.21. The van der Waals surface area contributed by atoms with Crippen molar-refractivity contribution in [3.63, 3.8) is 0 Å². The van der Waals surface area contributed by atoms with Crippen molar-refractivity contribution in [3.8, 4) is 0 Å². The second kappa shape index (κ2) is 7.09. The average molecular weight is 350 g/mol. The van der Waals surface area contributed by atoms with Gasteiger partial charge < -0.3 is 14.5 Å². The number of amides is 1. The van der Waals surface area contributed by atoms with Crippen molar-refractivity contribution in [3.05, 3.63) is 50.9 Å². The van der Waals surface area contributed by atoms with Gasteiger partial charge in [0.25, 0.3) is 5.91 Å². The SMILES string of the molecule is Cc1cc(C)c(NC(=O)COC(=O)c2c(C)oc(C)c2C)c(Cl)c1. The highest BCUT2D eigenvalue weighted by Crippen LogP contribution is 2.27. The molecule has 0 fully saturated rings. The van der Waals surface area contributed by atoms with E-state index in [1.807, 2.05) is 19.9 Å². The molecule has 0 spiro atoms. The first-order chi connectivity index (χ1) is 11.2. The Kier molecular flexibility index (Phi) is 5.34. The number of anilines is 1. The maximum Gasteiger partial charge on any atom is 0.342 e. The van der Waals surface area contributed by atoms with Crippen LogP contribution in [0.25, 0.3) is 0 Å². The number of hydrogen-bond acceptors (Lipinski definition) is 4. The molecule has 0 aliphatic carbocycles. The summed E-state index contributed by atoms with van der Waals surface area (Å²) in [5.74, 6) is 0.107. The Morgan fingerprint density at radius 1 is 1.12 bits per heavy atom. The molecular formula is C18H20ClNO4. The summed E-state index contributed by atoms with van der Waals surface area (Å²) in [7, 11) is 0. The van der Waals surface area contributed by atoms with Crippen molar-refractivity contribution in [1.82, 2.24) is 0 Å². The van der Waals surface area contributed by atoms with Gasteiger partial charge in [-0.25, -0.2) is 4.79 Å². The molecule has 0 saturated heterocycles. The van der Waals surface area contributed by atoms with Crippen molar-refractivity contribution in [2.75, 3.05) is 11.9 Å². The molecule has 1 N–H and O–H groups in total. The number of esters is 1. The van der Waals surface area contributed by atoms with Crippen molar-refractivity contribution in [2.45, 2.75) is 34.6 Å². The standard InChI is InChI=1S/C18H20ClNO4/c1-9-6-10(2)17(14(19)7-9)20-15(21)8-23-18(22)16-11(3)12(4)24-13(16)5/h6-7H,8H2,1-5H3,(H,20,21). The molecule has 0 radical (unpaired) electrons. The molecule has 1 heterocycles. The van der Waals surface area contributed by atoms with Crippen LogP contribution in [0.5, 0.6) is 0 Å². The third kappa shape index (κ3) is 3.79. The summed E-state index contributed by atoms with van der Waals surface area (Å²) >= 11 is 6.15. The lowest BCUT2D eigenvalue weighted by atomic mass is 10.1. The highest BCUT2D eigenvalue weighted by atomic mass is 35.5. The Bertz CT molecular complexity index is 785. The molecule has 2 aromatic rings. The van der Waals surface area contributed by atoms with E-state index in [4.69, 9.17) is 20.8 Å². The molecular weight excluding hydrogens is 330 g/mol. The van der Waals surface area contributed by atoms with Gasteiger partial charge in [0.1, 0.15) is 17.1 Å². The monoisotopic (exact) mass is 349 g/mol. The largest absolute Gasteiger partial charge is 0.465 e. The van der Waals surface area contributed by atoms with Gasteiger partial charge >= 0.3 is 5.97 Å². The van der Waals surface area contributed by atoms with Crippen LogP contribution in [0.1, 0.15) is 38.6 Å². The van der Waals surface area contributed by atoms with Crippen LogP contribution in [0.15, 0.2) is 16.5 Å². The zero-order valence-electron chi connectivity index (χ0n) is 14.4. The Morgan fingerprint density at radius 2 is 1.79 bits per heavy atom. The van der Waals surface area contributed by atoms with Crippen LogP contribution in [0.3, 0.4) is 0 Å². The maximum absolute atomic E-state index is 12.1. The molecule has 2 rings (SSSR count). The fourth-order valence-electron chi connectivity index (χ4n) is 2.55. The molecule has 0 aliphatic heterocycles. The van der Waals surface area contributed by atoms with Gasteiger partial charge in [0.2, 0.25) is 0 Å². The van der Waals surface area contributed by atoms with Gasteiger partial charge in [0, 0.05) is 5.56 Å². The van der Waals surface area contributed by atoms with Gasteiger partial charge in [0.15, 0.2) is 6.61 Å². The van der Waals surface area contributed by atoms with E-state index >= 15 is 0 Å². The number of rotatable bonds is 4. The predicted octanol–water partition coefficient (Wildman–Crippen LogP) is 4.27. The lowest BCUT2D eigenvalue weighted by Gasteiger charge is -2.12. The predicted molar refractivity (Wildman–Crippen MR) is 92.8 cm³/mol. The molecule has 128 valence electrons. The van der Waals surface area contributed by atoms with Crippen molar-refractivity contribution in [1.29, 1.82) is 0 Å². The minimum Gasteiger partial charge on any atom is -0.465 e. The van der Waals surface area contributed by atoms with Gasteiger partial charge in [0.05, 0.1) is 10.7 Å². The fourth-order valence-corrected chi connectivity index (χ4v) is 2.92. The number of halogens is 1. The third-order valence-corrected chi connectivity index (χ3v) is 4.09. The highest BCUT2D eigenvalue weighted by molar-refractivity contribution is 6.34. The van der Waals surface area contributed by atoms with Crippen LogP contribution in [0, 0.1) is 34.6 Å². The van der Waals surface area contributed by atoms with Crippen LogP contribution < -0.4 is 5.32 Å². The molecule has 0 saturated carbocycles. The number of nitrogens with one attached hydrogen (secondary N) is 1. The molecule has 6 heteroatoms. The summed E-state index contributed by atoms with van der Waals surface area (Å²) in [4.78, 5) is 24.2. The summed E-state index contributed by atoms with van der Waals surface area (Å²) < 4.78 is 10.5. The molecule has 5 nitrogen and oxygen atoms in total. The first-order valence-corrected chi connectivity index (χ1v) is 7.88. The van der Waals surface area contributed by atoms with Gasteiger partial charge in [-0.2, -0.15) is 0 Å². The van der Waals surface area contributed by atoms with Gasteiger partial charge in [-0.05, 0) is 51.8 Å². The molecule has 0 unspecified atom stereocenters. The smallest absolute Gasteiger partial charge is 0.342 e. The second-order valence-electron chi connectivity index (χ2n) is 5.78. The molecule has 0 bridgehead atoms. The zero-order valence-corrected chi connectivity index (χ0v) is 15.1. The summed E-state index contributed by atoms with van der Waals surface area (Å²) in [5, 5.41) is 3.12. The fraction of sp³-hybridized carbons (Fsp3) is 0.333. The maximum atomic E-state index is 12.1. The zero-order chi connectivity index (χ0) is 18.0. The third-order valence-electron chi connectivity index (χ3n) is 3.80. The Morgan fingerprint density at radius 3 is 2.33 bits per heavy atom. The van der Waals surface area contributed by atoms with Crippen LogP contribution in [0.2, 0.25) is 5.02 Å². The van der Waals surface area contributed by atoms with Crippen LogP contribution >= 0.6 is 11.6 Å². The van der Waals surface area contributed by atoms with Crippen molar-refractivity contribution < 1.29 is 18.7 Å². The second-order valence-corrected chi connectivity index (χ2v) is 6.18.